The number of nitrogens with zero attached hydrogens (tertiary/aromatic N) is 4. The van der Waals surface area contributed by atoms with Gasteiger partial charge in [-0.05, 0) is 130 Å². The minimum absolute atomic E-state index is 0.0153. The zero-order chi connectivity index (χ0) is 37.6. The van der Waals surface area contributed by atoms with Crippen LogP contribution >= 0.6 is 0 Å². The van der Waals surface area contributed by atoms with Crippen LogP contribution in [0.5, 0.6) is 0 Å². The fraction of sp³-hybridized carbons (Fsp3) is 0.245. The first-order valence-corrected chi connectivity index (χ1v) is 21.0. The van der Waals surface area contributed by atoms with Gasteiger partial charge < -0.3 is 0 Å². The molecule has 0 N–H and O–H groups in total. The lowest BCUT2D eigenvalue weighted by Gasteiger charge is -2.61. The van der Waals surface area contributed by atoms with E-state index in [1.165, 1.54) is 76.6 Å². The highest BCUT2D eigenvalue weighted by Gasteiger charge is 2.62. The molecule has 5 aromatic carbocycles. The van der Waals surface area contributed by atoms with Crippen molar-refractivity contribution in [2.75, 3.05) is 0 Å². The quantitative estimate of drug-likeness (QED) is 0.170. The molecule has 1 spiro atoms. The van der Waals surface area contributed by atoms with Crippen molar-refractivity contribution in [2.45, 2.75) is 56.8 Å². The second kappa shape index (κ2) is 11.3. The lowest BCUT2D eigenvalue weighted by molar-refractivity contribution is -0.0399. The monoisotopic (exact) mass is 734 g/mol. The molecule has 14 rings (SSSR count). The summed E-state index contributed by atoms with van der Waals surface area (Å²) in [5, 5.41) is 3.26. The number of rotatable bonds is 3. The standard InChI is InChI=1S/C53H42N4/c1-52(2)41-16-8-6-14-37(41)39-27-43-47(38-15-7-9-17-42(38)53(43)35-22-30-21-31(24-35)25-36(53)23-30)48(49(39)52)51-56-44(32-11-4-3-5-12-32)28-46(57-51)45-26-34-19-18-33-13-10-20-54-50(33)40(34)29-55-45/h3-20,26-31,35-36H,21-25H2,1-2H3. The number of hydrogen-bond acceptors (Lipinski definition) is 4. The van der Waals surface area contributed by atoms with Crippen molar-refractivity contribution in [1.82, 2.24) is 19.9 Å². The molecule has 0 atom stereocenters. The first kappa shape index (κ1) is 32.1. The van der Waals surface area contributed by atoms with E-state index < -0.39 is 0 Å². The zero-order valence-corrected chi connectivity index (χ0v) is 32.3. The van der Waals surface area contributed by atoms with Crippen molar-refractivity contribution < 1.29 is 0 Å². The van der Waals surface area contributed by atoms with E-state index in [1.54, 1.807) is 5.56 Å². The molecule has 0 aliphatic heterocycles. The third-order valence-electron chi connectivity index (χ3n) is 15.1. The molecule has 0 saturated heterocycles. The maximum absolute atomic E-state index is 5.66. The normalized spacial score (nSPS) is 24.2. The van der Waals surface area contributed by atoms with Crippen molar-refractivity contribution in [3.05, 3.63) is 156 Å². The van der Waals surface area contributed by atoms with Gasteiger partial charge in [0.25, 0.3) is 0 Å². The van der Waals surface area contributed by atoms with Gasteiger partial charge >= 0.3 is 0 Å². The van der Waals surface area contributed by atoms with E-state index in [-0.39, 0.29) is 10.8 Å². The van der Waals surface area contributed by atoms with Crippen LogP contribution in [0.3, 0.4) is 0 Å². The Bertz CT molecular complexity index is 2990. The first-order valence-electron chi connectivity index (χ1n) is 21.0. The summed E-state index contributed by atoms with van der Waals surface area (Å²) in [6, 6.07) is 44.7. The van der Waals surface area contributed by atoms with Gasteiger partial charge in [-0.3, -0.25) is 9.97 Å². The third kappa shape index (κ3) is 4.23. The molecule has 4 fully saturated rings. The number of fused-ring (bicyclic) bond motifs is 9. The Hall–Kier alpha value is -6.00. The first-order chi connectivity index (χ1) is 28.0. The van der Waals surface area contributed by atoms with Gasteiger partial charge in [0.2, 0.25) is 0 Å². The van der Waals surface area contributed by atoms with Gasteiger partial charge in [-0.15, -0.1) is 0 Å². The average Bonchev–Trinajstić information content (AvgIpc) is 3.67. The lowest BCUT2D eigenvalue weighted by Crippen LogP contribution is -2.55. The molecule has 8 aromatic rings. The Kier molecular flexibility index (Phi) is 6.38. The average molecular weight is 735 g/mol. The minimum atomic E-state index is -0.257. The summed E-state index contributed by atoms with van der Waals surface area (Å²) in [5.74, 6) is 3.86. The Balaban J connectivity index is 1.13. The summed E-state index contributed by atoms with van der Waals surface area (Å²) in [6.45, 7) is 4.83. The Morgan fingerprint density at radius 1 is 0.526 bits per heavy atom. The van der Waals surface area contributed by atoms with Gasteiger partial charge in [0, 0.05) is 45.1 Å². The molecule has 3 heterocycles. The highest BCUT2D eigenvalue weighted by molar-refractivity contribution is 6.05. The number of aromatic nitrogens is 4. The molecule has 57 heavy (non-hydrogen) atoms. The summed E-state index contributed by atoms with van der Waals surface area (Å²) >= 11 is 0. The zero-order valence-electron chi connectivity index (χ0n) is 32.3. The van der Waals surface area contributed by atoms with Crippen molar-refractivity contribution >= 4 is 21.7 Å². The molecular formula is C53H42N4. The molecule has 6 aliphatic carbocycles. The smallest absolute Gasteiger partial charge is 0.161 e. The van der Waals surface area contributed by atoms with E-state index in [2.05, 4.69) is 129 Å². The third-order valence-corrected chi connectivity index (χ3v) is 15.1. The molecule has 4 heteroatoms. The summed E-state index contributed by atoms with van der Waals surface area (Å²) in [7, 11) is 0. The van der Waals surface area contributed by atoms with Crippen LogP contribution in [0.1, 0.15) is 68.2 Å². The maximum atomic E-state index is 5.66. The van der Waals surface area contributed by atoms with Crippen molar-refractivity contribution in [3.8, 4) is 56.3 Å². The molecule has 3 aromatic heterocycles. The summed E-state index contributed by atoms with van der Waals surface area (Å²) in [4.78, 5) is 21.2. The lowest BCUT2D eigenvalue weighted by atomic mass is 9.43. The molecule has 4 bridgehead atoms. The van der Waals surface area contributed by atoms with Crippen LogP contribution in [0.25, 0.3) is 78.0 Å². The van der Waals surface area contributed by atoms with Gasteiger partial charge in [-0.25, -0.2) is 9.97 Å². The van der Waals surface area contributed by atoms with E-state index in [0.29, 0.717) is 11.8 Å². The van der Waals surface area contributed by atoms with Gasteiger partial charge in [0.15, 0.2) is 5.82 Å². The molecule has 274 valence electrons. The number of hydrogen-bond donors (Lipinski definition) is 0. The fourth-order valence-corrected chi connectivity index (χ4v) is 13.1. The molecule has 6 aliphatic rings. The minimum Gasteiger partial charge on any atom is -0.256 e. The van der Waals surface area contributed by atoms with Crippen molar-refractivity contribution in [2.24, 2.45) is 23.7 Å². The summed E-state index contributed by atoms with van der Waals surface area (Å²) in [5.41, 5.74) is 16.9. The molecule has 4 nitrogen and oxygen atoms in total. The number of benzene rings is 5. The van der Waals surface area contributed by atoms with E-state index >= 15 is 0 Å². The van der Waals surface area contributed by atoms with Crippen LogP contribution in [0, 0.1) is 23.7 Å². The molecule has 0 radical (unpaired) electrons. The Labute approximate surface area is 333 Å². The SMILES string of the molecule is CC1(C)c2ccccc2-c2cc3c(c(-c4nc(-c5ccccc5)cc(-c5cc6ccc7cccnc7c6cn5)n4)c21)-c1ccccc1C31C2CC3CC(C2)CC1C3. The van der Waals surface area contributed by atoms with Crippen LogP contribution in [-0.4, -0.2) is 19.9 Å². The van der Waals surface area contributed by atoms with Crippen LogP contribution in [0.4, 0.5) is 0 Å². The summed E-state index contributed by atoms with van der Waals surface area (Å²) in [6.07, 6.45) is 10.7. The Morgan fingerprint density at radius 2 is 1.23 bits per heavy atom. The fourth-order valence-electron chi connectivity index (χ4n) is 13.1. The van der Waals surface area contributed by atoms with E-state index in [9.17, 15) is 0 Å². The van der Waals surface area contributed by atoms with Crippen LogP contribution in [-0.2, 0) is 10.8 Å². The number of pyridine rings is 2. The predicted molar refractivity (Wildman–Crippen MR) is 230 cm³/mol. The van der Waals surface area contributed by atoms with E-state index in [1.807, 2.05) is 18.5 Å². The molecule has 0 unspecified atom stereocenters. The highest BCUT2D eigenvalue weighted by Crippen LogP contribution is 2.71. The van der Waals surface area contributed by atoms with Gasteiger partial charge in [0.1, 0.15) is 0 Å². The topological polar surface area (TPSA) is 51.6 Å². The van der Waals surface area contributed by atoms with Gasteiger partial charge in [-0.1, -0.05) is 111 Å². The second-order valence-corrected chi connectivity index (χ2v) is 18.2. The summed E-state index contributed by atoms with van der Waals surface area (Å²) < 4.78 is 0. The van der Waals surface area contributed by atoms with Crippen LogP contribution in [0.15, 0.2) is 134 Å². The molecule has 4 saturated carbocycles. The van der Waals surface area contributed by atoms with Crippen molar-refractivity contribution in [3.63, 3.8) is 0 Å². The largest absolute Gasteiger partial charge is 0.256 e. The predicted octanol–water partition coefficient (Wildman–Crippen LogP) is 12.6. The van der Waals surface area contributed by atoms with Crippen LogP contribution < -0.4 is 0 Å². The highest BCUT2D eigenvalue weighted by atomic mass is 14.9. The van der Waals surface area contributed by atoms with E-state index in [4.69, 9.17) is 19.9 Å². The van der Waals surface area contributed by atoms with Crippen LogP contribution in [0.2, 0.25) is 0 Å². The second-order valence-electron chi connectivity index (χ2n) is 18.2. The van der Waals surface area contributed by atoms with Gasteiger partial charge in [0.05, 0.1) is 22.6 Å². The van der Waals surface area contributed by atoms with Crippen molar-refractivity contribution in [1.29, 1.82) is 0 Å². The Morgan fingerprint density at radius 3 is 2.04 bits per heavy atom. The van der Waals surface area contributed by atoms with Gasteiger partial charge in [-0.2, -0.15) is 0 Å². The maximum Gasteiger partial charge on any atom is 0.161 e. The molecular weight excluding hydrogens is 693 g/mol. The molecule has 0 amide bonds. The van der Waals surface area contributed by atoms with E-state index in [0.717, 1.165) is 62.0 Å².